The lowest BCUT2D eigenvalue weighted by atomic mass is 10.2. The number of rotatable bonds is 6. The molecule has 1 fully saturated rings. The van der Waals surface area contributed by atoms with E-state index in [4.69, 9.17) is 4.98 Å². The number of piperazine rings is 1. The highest BCUT2D eigenvalue weighted by atomic mass is 32.2. The van der Waals surface area contributed by atoms with Crippen LogP contribution in [-0.4, -0.2) is 57.3 Å². The van der Waals surface area contributed by atoms with E-state index in [9.17, 15) is 4.79 Å². The number of benzene rings is 2. The molecule has 1 amide bonds. The molecule has 1 saturated heterocycles. The molecule has 6 nitrogen and oxygen atoms in total. The summed E-state index contributed by atoms with van der Waals surface area (Å²) in [6.07, 6.45) is 3.85. The molecule has 0 spiro atoms. The minimum atomic E-state index is 0.143. The zero-order valence-electron chi connectivity index (χ0n) is 18.2. The van der Waals surface area contributed by atoms with Crippen LogP contribution in [0.15, 0.2) is 96.4 Å². The van der Waals surface area contributed by atoms with Gasteiger partial charge in [-0.2, -0.15) is 0 Å². The van der Waals surface area contributed by atoms with Gasteiger partial charge in [0.15, 0.2) is 5.16 Å². The van der Waals surface area contributed by atoms with Crippen molar-refractivity contribution in [3.05, 3.63) is 91.3 Å². The first-order valence-electron chi connectivity index (χ1n) is 11.0. The lowest BCUT2D eigenvalue weighted by Gasteiger charge is -2.35. The zero-order chi connectivity index (χ0) is 22.5. The summed E-state index contributed by atoms with van der Waals surface area (Å²) in [5, 5.41) is 0.820. The number of carbonyl (C=O) groups is 1. The minimum absolute atomic E-state index is 0.143. The van der Waals surface area contributed by atoms with Gasteiger partial charge >= 0.3 is 0 Å². The molecule has 5 rings (SSSR count). The van der Waals surface area contributed by atoms with Crippen molar-refractivity contribution in [2.24, 2.45) is 0 Å². The van der Waals surface area contributed by atoms with E-state index in [1.54, 1.807) is 0 Å². The Kier molecular flexibility index (Phi) is 6.39. The fourth-order valence-electron chi connectivity index (χ4n) is 3.93. The number of anilines is 1. The molecule has 7 heteroatoms. The van der Waals surface area contributed by atoms with Crippen LogP contribution in [0, 0.1) is 0 Å². The molecule has 166 valence electrons. The summed E-state index contributed by atoms with van der Waals surface area (Å²) in [6.45, 7) is 3.01. The van der Waals surface area contributed by atoms with E-state index in [-0.39, 0.29) is 5.91 Å². The van der Waals surface area contributed by atoms with Crippen LogP contribution in [0.25, 0.3) is 16.9 Å². The summed E-state index contributed by atoms with van der Waals surface area (Å²) in [5.41, 5.74) is 3.00. The smallest absolute Gasteiger partial charge is 0.233 e. The molecule has 4 aromatic rings. The van der Waals surface area contributed by atoms with Crippen molar-refractivity contribution in [1.82, 2.24) is 19.4 Å². The van der Waals surface area contributed by atoms with Gasteiger partial charge in [0.05, 0.1) is 11.4 Å². The van der Waals surface area contributed by atoms with Crippen molar-refractivity contribution in [2.45, 2.75) is 5.16 Å². The molecule has 0 aliphatic carbocycles. The second kappa shape index (κ2) is 9.92. The largest absolute Gasteiger partial charge is 0.353 e. The monoisotopic (exact) mass is 455 g/mol. The van der Waals surface area contributed by atoms with Gasteiger partial charge in [-0.3, -0.25) is 9.36 Å². The quantitative estimate of drug-likeness (QED) is 0.404. The summed E-state index contributed by atoms with van der Waals surface area (Å²) in [7, 11) is 0. The third-order valence-electron chi connectivity index (χ3n) is 5.71. The fourth-order valence-corrected chi connectivity index (χ4v) is 4.83. The third-order valence-corrected chi connectivity index (χ3v) is 6.65. The van der Waals surface area contributed by atoms with Crippen molar-refractivity contribution in [3.63, 3.8) is 0 Å². The maximum absolute atomic E-state index is 13.0. The number of carbonyl (C=O) groups excluding carboxylic acids is 1. The Morgan fingerprint density at radius 3 is 2.24 bits per heavy atom. The number of hydrogen-bond donors (Lipinski definition) is 0. The molecule has 33 heavy (non-hydrogen) atoms. The van der Waals surface area contributed by atoms with Gasteiger partial charge in [0.2, 0.25) is 5.91 Å². The first-order valence-corrected chi connectivity index (χ1v) is 12.0. The molecule has 1 aliphatic rings. The predicted octanol–water partition coefficient (Wildman–Crippen LogP) is 4.38. The lowest BCUT2D eigenvalue weighted by molar-refractivity contribution is -0.128. The topological polar surface area (TPSA) is 54.3 Å². The number of hydrogen-bond acceptors (Lipinski definition) is 5. The molecule has 0 atom stereocenters. The molecule has 2 aromatic carbocycles. The van der Waals surface area contributed by atoms with E-state index in [1.165, 1.54) is 11.8 Å². The summed E-state index contributed by atoms with van der Waals surface area (Å²) in [6, 6.07) is 26.2. The molecular weight excluding hydrogens is 430 g/mol. The Morgan fingerprint density at radius 2 is 1.55 bits per heavy atom. The average molecular weight is 456 g/mol. The van der Waals surface area contributed by atoms with Gasteiger partial charge in [-0.15, -0.1) is 0 Å². The van der Waals surface area contributed by atoms with Crippen LogP contribution in [0.3, 0.4) is 0 Å². The van der Waals surface area contributed by atoms with Crippen LogP contribution in [0.4, 0.5) is 5.82 Å². The number of thioether (sulfide) groups is 1. The highest BCUT2D eigenvalue weighted by Crippen LogP contribution is 2.27. The summed E-state index contributed by atoms with van der Waals surface area (Å²) >= 11 is 1.49. The maximum atomic E-state index is 13.0. The molecule has 0 unspecified atom stereocenters. The van der Waals surface area contributed by atoms with Crippen LogP contribution in [0.5, 0.6) is 0 Å². The van der Waals surface area contributed by atoms with Crippen molar-refractivity contribution in [1.29, 1.82) is 0 Å². The standard InChI is InChI=1S/C26H25N5OS/c32-25(30-17-15-29(16-18-30)24-13-7-8-14-27-24)20-33-26-28-23(21-9-3-1-4-10-21)19-31(26)22-11-5-2-6-12-22/h1-14,19H,15-18,20H2. The Bertz CT molecular complexity index is 1190. The number of para-hydroxylation sites is 1. The number of amides is 1. The van der Waals surface area contributed by atoms with Crippen molar-refractivity contribution >= 4 is 23.5 Å². The molecule has 1 aliphatic heterocycles. The number of nitrogens with zero attached hydrogens (tertiary/aromatic N) is 5. The molecule has 3 heterocycles. The van der Waals surface area contributed by atoms with Gasteiger partial charge < -0.3 is 9.80 Å². The SMILES string of the molecule is O=C(CSc1nc(-c2ccccc2)cn1-c1ccccc1)N1CCN(c2ccccn2)CC1. The van der Waals surface area contributed by atoms with Gasteiger partial charge in [0, 0.05) is 49.8 Å². The molecule has 0 N–H and O–H groups in total. The van der Waals surface area contributed by atoms with E-state index in [2.05, 4.69) is 38.7 Å². The fraction of sp³-hybridized carbons (Fsp3) is 0.192. The van der Waals surface area contributed by atoms with Crippen molar-refractivity contribution < 1.29 is 4.79 Å². The Labute approximate surface area is 197 Å². The first kappa shape index (κ1) is 21.3. The van der Waals surface area contributed by atoms with Gasteiger partial charge in [-0.05, 0) is 24.3 Å². The Morgan fingerprint density at radius 1 is 0.848 bits per heavy atom. The van der Waals surface area contributed by atoms with Crippen molar-refractivity contribution in [3.8, 4) is 16.9 Å². The lowest BCUT2D eigenvalue weighted by Crippen LogP contribution is -2.49. The summed E-state index contributed by atoms with van der Waals surface area (Å²) in [5.74, 6) is 1.48. The molecule has 0 saturated carbocycles. The summed E-state index contributed by atoms with van der Waals surface area (Å²) < 4.78 is 2.07. The van der Waals surface area contributed by atoms with Crippen LogP contribution in [0.1, 0.15) is 0 Å². The average Bonchev–Trinajstić information content (AvgIpc) is 3.33. The first-order chi connectivity index (χ1) is 16.3. The van der Waals surface area contributed by atoms with Crippen molar-refractivity contribution in [2.75, 3.05) is 36.8 Å². The van der Waals surface area contributed by atoms with Crippen LogP contribution < -0.4 is 4.90 Å². The second-order valence-corrected chi connectivity index (χ2v) is 8.77. The zero-order valence-corrected chi connectivity index (χ0v) is 19.1. The van der Waals surface area contributed by atoms with Gasteiger partial charge in [-0.1, -0.05) is 66.4 Å². The van der Waals surface area contributed by atoms with E-state index in [0.717, 1.165) is 41.0 Å². The van der Waals surface area contributed by atoms with Gasteiger partial charge in [0.25, 0.3) is 0 Å². The highest BCUT2D eigenvalue weighted by Gasteiger charge is 2.22. The van der Waals surface area contributed by atoms with Crippen LogP contribution in [-0.2, 0) is 4.79 Å². The van der Waals surface area contributed by atoms with Gasteiger partial charge in [0.1, 0.15) is 5.82 Å². The maximum Gasteiger partial charge on any atom is 0.233 e. The number of aromatic nitrogens is 3. The molecule has 0 radical (unpaired) electrons. The Balaban J connectivity index is 1.27. The highest BCUT2D eigenvalue weighted by molar-refractivity contribution is 7.99. The van der Waals surface area contributed by atoms with E-state index < -0.39 is 0 Å². The van der Waals surface area contributed by atoms with Gasteiger partial charge in [-0.25, -0.2) is 9.97 Å². The van der Waals surface area contributed by atoms with Crippen LogP contribution >= 0.6 is 11.8 Å². The van der Waals surface area contributed by atoms with Crippen LogP contribution in [0.2, 0.25) is 0 Å². The summed E-state index contributed by atoms with van der Waals surface area (Å²) in [4.78, 5) is 26.4. The molecular formula is C26H25N5OS. The normalized spacial score (nSPS) is 13.8. The Hall–Kier alpha value is -3.58. The molecule has 2 aromatic heterocycles. The molecule has 0 bridgehead atoms. The second-order valence-electron chi connectivity index (χ2n) is 7.82. The van der Waals surface area contributed by atoms with E-state index >= 15 is 0 Å². The third kappa shape index (κ3) is 4.93. The van der Waals surface area contributed by atoms with E-state index in [0.29, 0.717) is 18.8 Å². The minimum Gasteiger partial charge on any atom is -0.353 e. The predicted molar refractivity (Wildman–Crippen MR) is 133 cm³/mol. The van der Waals surface area contributed by atoms with E-state index in [1.807, 2.05) is 71.9 Å². The number of imidazole rings is 1. The number of pyridine rings is 1.